The molecule has 0 spiro atoms. The predicted molar refractivity (Wildman–Crippen MR) is 161 cm³/mol. The minimum absolute atomic E-state index is 0. The van der Waals surface area contributed by atoms with Crippen LogP contribution in [0.25, 0.3) is 0 Å². The Morgan fingerprint density at radius 2 is 1.26 bits per heavy atom. The van der Waals surface area contributed by atoms with Crippen LogP contribution in [0.5, 0.6) is 0 Å². The lowest BCUT2D eigenvalue weighted by atomic mass is 9.88. The molecule has 0 atom stereocenters. The standard InChI is InChI=1S/C11H14F2O2S.C10H14FN.C5H8FN2O2S.C2H3N.CH4/c1-11(2,8-16(13,14)15)7-9-3-5-10(12)6-4-9;1-10(2,12)7-8-3-5-9(11)6-4-8;1-5-7(2)3-4-8(5)11(6,9)10;1-2-3;/h3-6H,7-8H2,1-2H3;3-6H,7,12H2,1-2H3;3-4H,1-2H3;1H3;1H4/q;;+1;;. The van der Waals surface area contributed by atoms with E-state index in [9.17, 15) is 33.4 Å². The van der Waals surface area contributed by atoms with Crippen molar-refractivity contribution in [3.05, 3.63) is 89.5 Å². The average molecular weight is 652 g/mol. The van der Waals surface area contributed by atoms with E-state index in [1.54, 1.807) is 51.2 Å². The van der Waals surface area contributed by atoms with Gasteiger partial charge in [-0.25, -0.2) is 13.3 Å². The third-order valence-electron chi connectivity index (χ3n) is 5.22. The fraction of sp³-hybridized carbons (Fsp3) is 0.448. The van der Waals surface area contributed by atoms with Crippen molar-refractivity contribution >= 4 is 20.6 Å². The number of nitrogens with two attached hydrogens (primary N) is 1. The molecular formula is C29H43F4N4O4S2+. The van der Waals surface area contributed by atoms with Crippen molar-refractivity contribution in [2.24, 2.45) is 18.2 Å². The molecular weight excluding hydrogens is 608 g/mol. The second kappa shape index (κ2) is 17.7. The van der Waals surface area contributed by atoms with Gasteiger partial charge >= 0.3 is 20.6 Å². The fourth-order valence-corrected chi connectivity index (χ4v) is 5.24. The van der Waals surface area contributed by atoms with Gasteiger partial charge < -0.3 is 5.73 Å². The zero-order valence-electron chi connectivity index (χ0n) is 24.8. The Labute approximate surface area is 254 Å². The first kappa shape index (κ1) is 41.9. The normalized spacial score (nSPS) is 11.2. The molecule has 0 bridgehead atoms. The van der Waals surface area contributed by atoms with Gasteiger partial charge in [0.2, 0.25) is 0 Å². The maximum atomic E-state index is 12.6. The van der Waals surface area contributed by atoms with E-state index in [4.69, 9.17) is 11.0 Å². The number of aryl methyl sites for hydroxylation is 1. The minimum atomic E-state index is -4.62. The van der Waals surface area contributed by atoms with Gasteiger partial charge in [0.15, 0.2) is 0 Å². The molecule has 0 radical (unpaired) electrons. The lowest BCUT2D eigenvalue weighted by Crippen LogP contribution is -2.34. The number of aromatic nitrogens is 2. The molecule has 2 aromatic carbocycles. The molecule has 3 aromatic rings. The maximum absolute atomic E-state index is 12.6. The van der Waals surface area contributed by atoms with Crippen molar-refractivity contribution in [2.45, 2.75) is 67.3 Å². The average Bonchev–Trinajstić information content (AvgIpc) is 3.14. The number of nitriles is 1. The Kier molecular flexibility index (Phi) is 17.3. The summed E-state index contributed by atoms with van der Waals surface area (Å²) in [5.74, 6) is -0.752. The van der Waals surface area contributed by atoms with E-state index in [0.717, 1.165) is 23.7 Å². The van der Waals surface area contributed by atoms with E-state index >= 15 is 0 Å². The second-order valence-corrected chi connectivity index (χ2v) is 13.4. The number of hydrogen-bond acceptors (Lipinski definition) is 6. The summed E-state index contributed by atoms with van der Waals surface area (Å²) in [6.45, 7) is 10.2. The highest BCUT2D eigenvalue weighted by molar-refractivity contribution is 7.86. The van der Waals surface area contributed by atoms with Gasteiger partial charge in [0.1, 0.15) is 24.0 Å². The van der Waals surface area contributed by atoms with E-state index in [1.165, 1.54) is 48.9 Å². The molecule has 2 N–H and O–H groups in total. The number of halogens is 4. The van der Waals surface area contributed by atoms with Gasteiger partial charge in [0.05, 0.1) is 18.9 Å². The van der Waals surface area contributed by atoms with E-state index in [-0.39, 0.29) is 24.6 Å². The van der Waals surface area contributed by atoms with Crippen molar-refractivity contribution in [1.82, 2.24) is 3.97 Å². The molecule has 0 fully saturated rings. The first-order chi connectivity index (χ1) is 19.0. The third kappa shape index (κ3) is 19.5. The van der Waals surface area contributed by atoms with Crippen molar-refractivity contribution in [3.8, 4) is 6.07 Å². The molecule has 1 heterocycles. The lowest BCUT2D eigenvalue weighted by Gasteiger charge is -2.22. The molecule has 0 amide bonds. The van der Waals surface area contributed by atoms with Gasteiger partial charge in [-0.1, -0.05) is 53.4 Å². The number of hydrogen-bond donors (Lipinski definition) is 1. The number of nitrogens with zero attached hydrogens (tertiary/aromatic N) is 3. The molecule has 14 heteroatoms. The molecule has 0 aliphatic heterocycles. The van der Waals surface area contributed by atoms with E-state index in [2.05, 4.69) is 0 Å². The van der Waals surface area contributed by atoms with E-state index in [0.29, 0.717) is 16.2 Å². The second-order valence-electron chi connectivity index (χ2n) is 10.9. The van der Waals surface area contributed by atoms with Crippen LogP contribution in [0.2, 0.25) is 0 Å². The molecule has 0 aliphatic rings. The zero-order chi connectivity index (χ0) is 32.9. The molecule has 1 aromatic heterocycles. The largest absolute Gasteiger partial charge is 0.480 e. The first-order valence-corrected chi connectivity index (χ1v) is 15.4. The highest BCUT2D eigenvalue weighted by Gasteiger charge is 2.26. The van der Waals surface area contributed by atoms with Crippen LogP contribution in [0.4, 0.5) is 16.6 Å². The molecule has 0 saturated carbocycles. The predicted octanol–water partition coefficient (Wildman–Crippen LogP) is 5.65. The number of imidazole rings is 1. The van der Waals surface area contributed by atoms with Gasteiger partial charge in [-0.05, 0) is 67.5 Å². The lowest BCUT2D eigenvalue weighted by molar-refractivity contribution is -0.676. The SMILES string of the molecule is C.CC#N.CC(C)(Cc1ccc(F)cc1)CS(=O)(=O)F.CC(C)(N)Cc1ccc(F)cc1.Cc1n(S(=O)(=O)F)cc[n+]1C. The first-order valence-electron chi connectivity index (χ1n) is 12.5. The Morgan fingerprint density at radius 3 is 1.51 bits per heavy atom. The minimum Gasteiger partial charge on any atom is -0.325 e. The smallest absolute Gasteiger partial charge is 0.325 e. The van der Waals surface area contributed by atoms with E-state index in [1.807, 2.05) is 13.8 Å². The summed E-state index contributed by atoms with van der Waals surface area (Å²) in [5, 5.41) is 7.32. The monoisotopic (exact) mass is 651 g/mol. The fourth-order valence-electron chi connectivity index (χ4n) is 3.56. The highest BCUT2D eigenvalue weighted by atomic mass is 32.3. The molecule has 0 aliphatic carbocycles. The quantitative estimate of drug-likeness (QED) is 0.200. The summed E-state index contributed by atoms with van der Waals surface area (Å²) in [6.07, 6.45) is 3.78. The number of benzene rings is 2. The molecule has 0 saturated heterocycles. The summed E-state index contributed by atoms with van der Waals surface area (Å²) >= 11 is 0. The Morgan fingerprint density at radius 1 is 0.884 bits per heavy atom. The van der Waals surface area contributed by atoms with Crippen molar-refractivity contribution in [1.29, 1.82) is 5.26 Å². The molecule has 8 nitrogen and oxygen atoms in total. The van der Waals surface area contributed by atoms with Crippen LogP contribution in [0.15, 0.2) is 60.9 Å². The summed E-state index contributed by atoms with van der Waals surface area (Å²) < 4.78 is 93.9. The molecule has 3 rings (SSSR count). The molecule has 43 heavy (non-hydrogen) atoms. The van der Waals surface area contributed by atoms with Crippen molar-refractivity contribution in [2.75, 3.05) is 5.75 Å². The van der Waals surface area contributed by atoms with Gasteiger partial charge in [-0.3, -0.25) is 0 Å². The highest BCUT2D eigenvalue weighted by Crippen LogP contribution is 2.24. The summed E-state index contributed by atoms with van der Waals surface area (Å²) in [7, 11) is -7.47. The Bertz CT molecular complexity index is 1510. The van der Waals surface area contributed by atoms with Gasteiger partial charge in [0, 0.05) is 19.4 Å². The van der Waals surface area contributed by atoms with Gasteiger partial charge in [-0.15, -0.1) is 3.89 Å². The summed E-state index contributed by atoms with van der Waals surface area (Å²) in [4.78, 5) is 0. The molecule has 242 valence electrons. The number of rotatable bonds is 7. The zero-order valence-corrected chi connectivity index (χ0v) is 26.4. The van der Waals surface area contributed by atoms with E-state index < -0.39 is 31.8 Å². The van der Waals surface area contributed by atoms with Crippen LogP contribution < -0.4 is 10.3 Å². The van der Waals surface area contributed by atoms with Crippen LogP contribution in [0.1, 0.15) is 59.0 Å². The van der Waals surface area contributed by atoms with Crippen LogP contribution >= 0.6 is 0 Å². The van der Waals surface area contributed by atoms with Crippen LogP contribution in [0.3, 0.4) is 0 Å². The maximum Gasteiger partial charge on any atom is 0.480 e. The van der Waals surface area contributed by atoms with Gasteiger partial charge in [0.25, 0.3) is 5.82 Å². The summed E-state index contributed by atoms with van der Waals surface area (Å²) in [6, 6.07) is 13.9. The van der Waals surface area contributed by atoms with Crippen molar-refractivity contribution in [3.63, 3.8) is 0 Å². The van der Waals surface area contributed by atoms with Gasteiger partial charge in [-0.2, -0.15) is 22.1 Å². The Balaban J connectivity index is 0. The van der Waals surface area contributed by atoms with Crippen LogP contribution in [0, 0.1) is 35.3 Å². The van der Waals surface area contributed by atoms with Crippen molar-refractivity contribution < 1.29 is 38.0 Å². The molecule has 0 unspecified atom stereocenters. The Hall–Kier alpha value is -3.28. The van der Waals surface area contributed by atoms with Crippen LogP contribution in [-0.2, 0) is 40.5 Å². The summed E-state index contributed by atoms with van der Waals surface area (Å²) in [5.41, 5.74) is 6.74. The topological polar surface area (TPSA) is 127 Å². The third-order valence-corrected chi connectivity index (χ3v) is 7.20. The van der Waals surface area contributed by atoms with Crippen LogP contribution in [-0.4, -0.2) is 32.1 Å².